The molecule has 100 valence electrons. The van der Waals surface area contributed by atoms with Gasteiger partial charge in [0.25, 0.3) is 0 Å². The van der Waals surface area contributed by atoms with Gasteiger partial charge in [0.15, 0.2) is 0 Å². The maximum absolute atomic E-state index is 11.7. The minimum atomic E-state index is -0.907. The molecule has 0 aromatic rings. The first kappa shape index (κ1) is 15.9. The topological polar surface area (TPSA) is 75.6 Å². The molecule has 0 aliphatic carbocycles. The van der Waals surface area contributed by atoms with Crippen LogP contribution in [0.4, 0.5) is 0 Å². The molecule has 0 saturated carbocycles. The predicted octanol–water partition coefficient (Wildman–Crippen LogP) is 1.42. The zero-order chi connectivity index (χ0) is 13.6. The van der Waals surface area contributed by atoms with Crippen molar-refractivity contribution in [2.24, 2.45) is 5.92 Å². The predicted molar refractivity (Wildman–Crippen MR) is 64.7 cm³/mol. The Morgan fingerprint density at radius 1 is 1.35 bits per heavy atom. The van der Waals surface area contributed by atoms with E-state index >= 15 is 0 Å². The summed E-state index contributed by atoms with van der Waals surface area (Å²) in [4.78, 5) is 22.4. The average molecular weight is 245 g/mol. The van der Waals surface area contributed by atoms with Crippen LogP contribution in [0.3, 0.4) is 0 Å². The first-order valence-electron chi connectivity index (χ1n) is 5.74. The first-order valence-corrected chi connectivity index (χ1v) is 5.74. The van der Waals surface area contributed by atoms with Gasteiger partial charge in [-0.2, -0.15) is 0 Å². The summed E-state index contributed by atoms with van der Waals surface area (Å²) in [6.07, 6.45) is 0.156. The van der Waals surface area contributed by atoms with Crippen LogP contribution in [-0.4, -0.2) is 35.7 Å². The summed E-state index contributed by atoms with van der Waals surface area (Å²) in [5.41, 5.74) is -0.533. The Labute approximate surface area is 103 Å². The molecule has 0 bridgehead atoms. The van der Waals surface area contributed by atoms with E-state index in [1.807, 2.05) is 27.7 Å². The summed E-state index contributed by atoms with van der Waals surface area (Å²) in [5.74, 6) is -1.01. The Kier molecular flexibility index (Phi) is 6.16. The van der Waals surface area contributed by atoms with Gasteiger partial charge in [-0.3, -0.25) is 9.59 Å². The first-order chi connectivity index (χ1) is 7.68. The fourth-order valence-corrected chi connectivity index (χ4v) is 1.36. The van der Waals surface area contributed by atoms with Crippen LogP contribution in [0.2, 0.25) is 0 Å². The molecule has 0 spiro atoms. The molecule has 0 aliphatic heterocycles. The van der Waals surface area contributed by atoms with Crippen LogP contribution in [0.15, 0.2) is 0 Å². The normalized spacial score (nSPS) is 13.5. The number of hydrogen-bond acceptors (Lipinski definition) is 3. The summed E-state index contributed by atoms with van der Waals surface area (Å²) >= 11 is 0. The van der Waals surface area contributed by atoms with Gasteiger partial charge in [0.2, 0.25) is 5.91 Å². The minimum absolute atomic E-state index is 0.0587. The Balaban J connectivity index is 4.36. The van der Waals surface area contributed by atoms with Crippen molar-refractivity contribution in [3.8, 4) is 0 Å². The second-order valence-electron chi connectivity index (χ2n) is 5.16. The highest BCUT2D eigenvalue weighted by atomic mass is 16.5. The quantitative estimate of drug-likeness (QED) is 0.711. The molecule has 2 N–H and O–H groups in total. The summed E-state index contributed by atoms with van der Waals surface area (Å²) in [7, 11) is 1.55. The van der Waals surface area contributed by atoms with Gasteiger partial charge in [-0.25, -0.2) is 0 Å². The fraction of sp³-hybridized carbons (Fsp3) is 0.833. The Morgan fingerprint density at radius 3 is 2.24 bits per heavy atom. The van der Waals surface area contributed by atoms with Crippen molar-refractivity contribution >= 4 is 11.9 Å². The number of ether oxygens (including phenoxy) is 1. The number of rotatable bonds is 7. The molecular formula is C12H23NO4. The van der Waals surface area contributed by atoms with E-state index in [1.165, 1.54) is 0 Å². The lowest BCUT2D eigenvalue weighted by molar-refractivity contribution is -0.138. The van der Waals surface area contributed by atoms with E-state index in [0.717, 1.165) is 0 Å². The van der Waals surface area contributed by atoms with E-state index in [2.05, 4.69) is 5.32 Å². The maximum atomic E-state index is 11.7. The standard InChI is InChI=1S/C12H23NO4/c1-8(2)9(6-11(15)16)13-10(14)7-12(3,4)17-5/h8-9H,6-7H2,1-5H3,(H,13,14)(H,15,16). The van der Waals surface area contributed by atoms with E-state index in [1.54, 1.807) is 7.11 Å². The molecule has 0 aromatic carbocycles. The van der Waals surface area contributed by atoms with Gasteiger partial charge in [-0.15, -0.1) is 0 Å². The van der Waals surface area contributed by atoms with E-state index in [9.17, 15) is 9.59 Å². The molecule has 1 unspecified atom stereocenters. The van der Waals surface area contributed by atoms with Gasteiger partial charge >= 0.3 is 5.97 Å². The lowest BCUT2D eigenvalue weighted by Gasteiger charge is -2.25. The lowest BCUT2D eigenvalue weighted by atomic mass is 9.99. The maximum Gasteiger partial charge on any atom is 0.305 e. The number of methoxy groups -OCH3 is 1. The summed E-state index contributed by atoms with van der Waals surface area (Å²) in [6.45, 7) is 7.40. The van der Waals surface area contributed by atoms with Gasteiger partial charge in [-0.1, -0.05) is 13.8 Å². The SMILES string of the molecule is COC(C)(C)CC(=O)NC(CC(=O)O)C(C)C. The number of amides is 1. The van der Waals surface area contributed by atoms with Crippen molar-refractivity contribution in [2.75, 3.05) is 7.11 Å². The summed E-state index contributed by atoms with van der Waals surface area (Å²) < 4.78 is 5.15. The molecule has 1 amide bonds. The van der Waals surface area contributed by atoms with E-state index in [0.29, 0.717) is 0 Å². The van der Waals surface area contributed by atoms with Crippen molar-refractivity contribution in [1.29, 1.82) is 0 Å². The van der Waals surface area contributed by atoms with Gasteiger partial charge in [0, 0.05) is 13.2 Å². The third kappa shape index (κ3) is 6.94. The van der Waals surface area contributed by atoms with Crippen molar-refractivity contribution in [2.45, 2.75) is 52.2 Å². The van der Waals surface area contributed by atoms with E-state index < -0.39 is 11.6 Å². The second-order valence-corrected chi connectivity index (χ2v) is 5.16. The number of hydrogen-bond donors (Lipinski definition) is 2. The molecule has 17 heavy (non-hydrogen) atoms. The lowest BCUT2D eigenvalue weighted by Crippen LogP contribution is -2.43. The molecule has 0 aliphatic rings. The van der Waals surface area contributed by atoms with Crippen molar-refractivity contribution < 1.29 is 19.4 Å². The van der Waals surface area contributed by atoms with Crippen LogP contribution in [0.5, 0.6) is 0 Å². The molecule has 0 rings (SSSR count). The fourth-order valence-electron chi connectivity index (χ4n) is 1.36. The molecular weight excluding hydrogens is 222 g/mol. The second kappa shape index (κ2) is 6.59. The monoisotopic (exact) mass is 245 g/mol. The van der Waals surface area contributed by atoms with Crippen molar-refractivity contribution in [1.82, 2.24) is 5.32 Å². The molecule has 0 saturated heterocycles. The molecule has 0 heterocycles. The van der Waals surface area contributed by atoms with Crippen molar-refractivity contribution in [3.05, 3.63) is 0 Å². The average Bonchev–Trinajstić information content (AvgIpc) is 2.15. The van der Waals surface area contributed by atoms with Crippen LogP contribution < -0.4 is 5.32 Å². The zero-order valence-corrected chi connectivity index (χ0v) is 11.2. The third-order valence-electron chi connectivity index (χ3n) is 2.68. The minimum Gasteiger partial charge on any atom is -0.481 e. The van der Waals surface area contributed by atoms with Gasteiger partial charge in [0.05, 0.1) is 18.4 Å². The molecule has 5 heteroatoms. The van der Waals surface area contributed by atoms with Gasteiger partial charge < -0.3 is 15.2 Å². The number of aliphatic carboxylic acids is 1. The van der Waals surface area contributed by atoms with Crippen LogP contribution in [0, 0.1) is 5.92 Å². The third-order valence-corrected chi connectivity index (χ3v) is 2.68. The molecule has 0 radical (unpaired) electrons. The van der Waals surface area contributed by atoms with Crippen LogP contribution in [0.1, 0.15) is 40.5 Å². The largest absolute Gasteiger partial charge is 0.481 e. The molecule has 1 atom stereocenters. The number of carbonyl (C=O) groups is 2. The number of carboxylic acid groups (broad SMARTS) is 1. The van der Waals surface area contributed by atoms with E-state index in [4.69, 9.17) is 9.84 Å². The van der Waals surface area contributed by atoms with Crippen LogP contribution in [0.25, 0.3) is 0 Å². The van der Waals surface area contributed by atoms with Crippen LogP contribution in [-0.2, 0) is 14.3 Å². The Morgan fingerprint density at radius 2 is 1.88 bits per heavy atom. The summed E-state index contributed by atoms with van der Waals surface area (Å²) in [5, 5.41) is 11.5. The highest BCUT2D eigenvalue weighted by Gasteiger charge is 2.24. The smallest absolute Gasteiger partial charge is 0.305 e. The number of carboxylic acids is 1. The van der Waals surface area contributed by atoms with Crippen LogP contribution >= 0.6 is 0 Å². The number of carbonyl (C=O) groups excluding carboxylic acids is 1. The highest BCUT2D eigenvalue weighted by molar-refractivity contribution is 5.78. The molecule has 0 fully saturated rings. The van der Waals surface area contributed by atoms with Gasteiger partial charge in [-0.05, 0) is 19.8 Å². The van der Waals surface area contributed by atoms with Gasteiger partial charge in [0.1, 0.15) is 0 Å². The summed E-state index contributed by atoms with van der Waals surface area (Å²) in [6, 6.07) is -0.340. The molecule has 0 aromatic heterocycles. The van der Waals surface area contributed by atoms with E-state index in [-0.39, 0.29) is 30.7 Å². The van der Waals surface area contributed by atoms with Crippen molar-refractivity contribution in [3.63, 3.8) is 0 Å². The zero-order valence-electron chi connectivity index (χ0n) is 11.2. The highest BCUT2D eigenvalue weighted by Crippen LogP contribution is 2.14. The molecule has 5 nitrogen and oxygen atoms in total. The Hall–Kier alpha value is -1.10. The Bertz CT molecular complexity index is 274. The number of nitrogens with one attached hydrogen (secondary N) is 1.